The van der Waals surface area contributed by atoms with Gasteiger partial charge in [-0.15, -0.1) is 5.10 Å². The Balaban J connectivity index is 1.35. The number of nitrogens with one attached hydrogen (secondary N) is 1. The largest absolute Gasteiger partial charge is 0.368 e. The summed E-state index contributed by atoms with van der Waals surface area (Å²) in [5.74, 6) is 0.248. The van der Waals surface area contributed by atoms with Crippen LogP contribution in [-0.2, 0) is 4.79 Å². The van der Waals surface area contributed by atoms with E-state index in [0.29, 0.717) is 10.0 Å². The number of carbonyl (C=O) groups excluding carboxylic acids is 1. The van der Waals surface area contributed by atoms with Crippen LogP contribution in [0.15, 0.2) is 36.4 Å². The van der Waals surface area contributed by atoms with Crippen molar-refractivity contribution in [2.24, 2.45) is 0 Å². The minimum Gasteiger partial charge on any atom is -0.368 e. The van der Waals surface area contributed by atoms with Crippen LogP contribution in [0.25, 0.3) is 11.0 Å². The van der Waals surface area contributed by atoms with Crippen molar-refractivity contribution in [2.45, 2.75) is 51.2 Å². The van der Waals surface area contributed by atoms with Crippen molar-refractivity contribution in [1.29, 1.82) is 0 Å². The molecule has 1 N–H and O–H groups in total. The van der Waals surface area contributed by atoms with Crippen molar-refractivity contribution in [1.82, 2.24) is 25.2 Å². The highest BCUT2D eigenvalue weighted by Crippen LogP contribution is 2.31. The topological polar surface area (TPSA) is 66.3 Å². The van der Waals surface area contributed by atoms with Crippen LogP contribution >= 0.6 is 23.2 Å². The van der Waals surface area contributed by atoms with E-state index in [0.717, 1.165) is 67.7 Å². The summed E-state index contributed by atoms with van der Waals surface area (Å²) in [5, 5.41) is 13.4. The number of benzene rings is 2. The Hall–Kier alpha value is -2.35. The minimum absolute atomic E-state index is 0.0271. The molecule has 3 atom stereocenters. The highest BCUT2D eigenvalue weighted by atomic mass is 35.5. The van der Waals surface area contributed by atoms with Crippen molar-refractivity contribution < 1.29 is 4.79 Å². The maximum Gasteiger partial charge on any atom is 0.240 e. The molecular formula is C25H30Cl2N6O. The van der Waals surface area contributed by atoms with Crippen LogP contribution in [0.2, 0.25) is 10.0 Å². The number of piperazine rings is 1. The van der Waals surface area contributed by atoms with E-state index in [9.17, 15) is 4.79 Å². The maximum absolute atomic E-state index is 13.1. The van der Waals surface area contributed by atoms with Gasteiger partial charge in [-0.05, 0) is 69.1 Å². The zero-order chi connectivity index (χ0) is 23.8. The second-order valence-electron chi connectivity index (χ2n) is 9.38. The summed E-state index contributed by atoms with van der Waals surface area (Å²) in [7, 11) is 0. The number of rotatable bonds is 4. The average molecular weight is 501 g/mol. The molecule has 9 heteroatoms. The molecular weight excluding hydrogens is 471 g/mol. The van der Waals surface area contributed by atoms with E-state index in [2.05, 4.69) is 51.4 Å². The molecule has 34 heavy (non-hydrogen) atoms. The molecule has 2 unspecified atom stereocenters. The van der Waals surface area contributed by atoms with Gasteiger partial charge in [-0.25, -0.2) is 4.68 Å². The summed E-state index contributed by atoms with van der Waals surface area (Å²) >= 11 is 12.5. The van der Waals surface area contributed by atoms with Crippen LogP contribution in [0, 0.1) is 0 Å². The van der Waals surface area contributed by atoms with Crippen LogP contribution in [0.5, 0.6) is 0 Å². The van der Waals surface area contributed by atoms with Crippen LogP contribution in [0.3, 0.4) is 0 Å². The molecule has 2 fully saturated rings. The summed E-state index contributed by atoms with van der Waals surface area (Å²) in [4.78, 5) is 17.5. The van der Waals surface area contributed by atoms with E-state index in [-0.39, 0.29) is 24.0 Å². The molecule has 0 saturated carbocycles. The van der Waals surface area contributed by atoms with E-state index < -0.39 is 0 Å². The molecule has 5 rings (SSSR count). The predicted molar refractivity (Wildman–Crippen MR) is 137 cm³/mol. The first-order chi connectivity index (χ1) is 16.4. The Morgan fingerprint density at radius 2 is 2.00 bits per heavy atom. The maximum atomic E-state index is 13.1. The van der Waals surface area contributed by atoms with Gasteiger partial charge in [0.15, 0.2) is 0 Å². The van der Waals surface area contributed by atoms with Crippen molar-refractivity contribution in [3.63, 3.8) is 0 Å². The molecule has 2 aliphatic rings. The average Bonchev–Trinajstić information content (AvgIpc) is 3.27. The highest BCUT2D eigenvalue weighted by Gasteiger charge is 2.32. The van der Waals surface area contributed by atoms with E-state index in [1.165, 1.54) is 0 Å². The second-order valence-corrected chi connectivity index (χ2v) is 10.2. The number of hydrogen-bond acceptors (Lipinski definition) is 5. The number of carbonyl (C=O) groups is 1. The van der Waals surface area contributed by atoms with Gasteiger partial charge in [0.2, 0.25) is 5.91 Å². The lowest BCUT2D eigenvalue weighted by molar-refractivity contribution is -0.136. The van der Waals surface area contributed by atoms with Crippen molar-refractivity contribution in [2.75, 3.05) is 31.1 Å². The third-order valence-corrected chi connectivity index (χ3v) is 7.68. The van der Waals surface area contributed by atoms with Gasteiger partial charge in [0.25, 0.3) is 0 Å². The minimum atomic E-state index is -0.0959. The van der Waals surface area contributed by atoms with Gasteiger partial charge in [-0.1, -0.05) is 40.9 Å². The Labute approximate surface area is 210 Å². The van der Waals surface area contributed by atoms with E-state index in [4.69, 9.17) is 23.2 Å². The molecule has 0 spiro atoms. The third-order valence-electron chi connectivity index (χ3n) is 7.12. The van der Waals surface area contributed by atoms with Gasteiger partial charge in [-0.2, -0.15) is 0 Å². The third kappa shape index (κ3) is 4.49. The highest BCUT2D eigenvalue weighted by molar-refractivity contribution is 6.35. The molecule has 1 aromatic heterocycles. The molecule has 3 heterocycles. The normalized spacial score (nSPS) is 22.2. The number of amides is 1. The number of anilines is 1. The lowest BCUT2D eigenvalue weighted by Crippen LogP contribution is -2.58. The smallest absolute Gasteiger partial charge is 0.240 e. The van der Waals surface area contributed by atoms with E-state index in [1.807, 2.05) is 22.9 Å². The first kappa shape index (κ1) is 23.4. The van der Waals surface area contributed by atoms with Crippen LogP contribution < -0.4 is 10.2 Å². The van der Waals surface area contributed by atoms with Crippen LogP contribution in [-0.4, -0.2) is 64.1 Å². The molecule has 3 aromatic rings. The molecule has 2 saturated heterocycles. The molecule has 7 nitrogen and oxygen atoms in total. The molecule has 2 aromatic carbocycles. The summed E-state index contributed by atoms with van der Waals surface area (Å²) in [6.07, 6.45) is 3.22. The Kier molecular flexibility index (Phi) is 6.69. The summed E-state index contributed by atoms with van der Waals surface area (Å²) in [6.45, 7) is 7.46. The van der Waals surface area contributed by atoms with E-state index >= 15 is 0 Å². The molecule has 0 radical (unpaired) electrons. The number of halogens is 2. The molecule has 0 aliphatic carbocycles. The quantitative estimate of drug-likeness (QED) is 0.569. The molecule has 2 aliphatic heterocycles. The van der Waals surface area contributed by atoms with Gasteiger partial charge >= 0.3 is 0 Å². The molecule has 1 amide bonds. The standard InChI is InChI=1S/C25H30Cl2N6O/c1-16-15-31(11-12-32(16)25(34)23-5-3-4-10-28-23)19-7-9-22-24(14-19)33(30-29-22)17(2)20-8-6-18(26)13-21(20)27/h6-9,13-14,16-17,23,28H,3-5,10-12,15H2,1-2H3/t16-,17?,23?/m1/s1. The van der Waals surface area contributed by atoms with Gasteiger partial charge in [0.1, 0.15) is 5.52 Å². The van der Waals surface area contributed by atoms with Crippen LogP contribution in [0.1, 0.15) is 44.7 Å². The van der Waals surface area contributed by atoms with Gasteiger partial charge in [0.05, 0.1) is 17.6 Å². The van der Waals surface area contributed by atoms with E-state index in [1.54, 1.807) is 6.07 Å². The van der Waals surface area contributed by atoms with Crippen LogP contribution in [0.4, 0.5) is 5.69 Å². The number of hydrogen-bond donors (Lipinski definition) is 1. The Morgan fingerprint density at radius 3 is 2.74 bits per heavy atom. The zero-order valence-corrected chi connectivity index (χ0v) is 21.1. The number of nitrogens with zero attached hydrogens (tertiary/aromatic N) is 5. The van der Waals surface area contributed by atoms with Gasteiger partial charge in [-0.3, -0.25) is 4.79 Å². The number of aromatic nitrogens is 3. The molecule has 0 bridgehead atoms. The fraction of sp³-hybridized carbons (Fsp3) is 0.480. The first-order valence-corrected chi connectivity index (χ1v) is 12.8. The van der Waals surface area contributed by atoms with Crippen molar-refractivity contribution >= 4 is 45.8 Å². The fourth-order valence-electron chi connectivity index (χ4n) is 5.16. The first-order valence-electron chi connectivity index (χ1n) is 12.0. The number of piperidine rings is 1. The zero-order valence-electron chi connectivity index (χ0n) is 19.5. The SMILES string of the molecule is CC(c1ccc(Cl)cc1Cl)n1nnc2ccc(N3CCN(C(=O)C4CCCCN4)[C@H](C)C3)cc21. The number of fused-ring (bicyclic) bond motifs is 1. The lowest BCUT2D eigenvalue weighted by atomic mass is 10.0. The summed E-state index contributed by atoms with van der Waals surface area (Å²) < 4.78 is 1.91. The van der Waals surface area contributed by atoms with Crippen molar-refractivity contribution in [3.05, 3.63) is 52.0 Å². The monoisotopic (exact) mass is 500 g/mol. The lowest BCUT2D eigenvalue weighted by Gasteiger charge is -2.42. The summed E-state index contributed by atoms with van der Waals surface area (Å²) in [5.41, 5.74) is 3.85. The second kappa shape index (κ2) is 9.72. The molecule has 180 valence electrons. The summed E-state index contributed by atoms with van der Waals surface area (Å²) in [6, 6.07) is 11.8. The van der Waals surface area contributed by atoms with Gasteiger partial charge < -0.3 is 15.1 Å². The van der Waals surface area contributed by atoms with Crippen molar-refractivity contribution in [3.8, 4) is 0 Å². The Bertz CT molecular complexity index is 1190. The fourth-order valence-corrected chi connectivity index (χ4v) is 5.73. The predicted octanol–water partition coefficient (Wildman–Crippen LogP) is 4.53. The Morgan fingerprint density at radius 1 is 1.15 bits per heavy atom. The van der Waals surface area contributed by atoms with Gasteiger partial charge in [0, 0.05) is 41.4 Å².